The zero-order valence-electron chi connectivity index (χ0n) is 8.91. The normalized spacial score (nSPS) is 21.6. The second-order valence-electron chi connectivity index (χ2n) is 4.82. The predicted molar refractivity (Wildman–Crippen MR) is 53.5 cm³/mol. The molecule has 0 saturated heterocycles. The van der Waals surface area contributed by atoms with Crippen LogP contribution in [0.3, 0.4) is 0 Å². The number of hydrogen-bond acceptors (Lipinski definition) is 3. The highest BCUT2D eigenvalue weighted by atomic mass is 16.5. The first-order valence-corrected chi connectivity index (χ1v) is 4.78. The summed E-state index contributed by atoms with van der Waals surface area (Å²) in [6, 6.07) is -0.190. The van der Waals surface area contributed by atoms with Crippen molar-refractivity contribution in [3.05, 3.63) is 0 Å². The number of aliphatic carboxylic acids is 1. The van der Waals surface area contributed by atoms with Crippen LogP contribution < -0.4 is 0 Å². The predicted octanol–water partition coefficient (Wildman–Crippen LogP) is 1.69. The third-order valence-electron chi connectivity index (χ3n) is 1.86. The van der Waals surface area contributed by atoms with Crippen LogP contribution in [-0.2, 0) is 9.53 Å². The first kappa shape index (κ1) is 11.0. The number of rotatable bonds is 3. The molecule has 80 valence electrons. The average Bonchev–Trinajstić information content (AvgIpc) is 2.30. The first-order valence-electron chi connectivity index (χ1n) is 4.78. The Morgan fingerprint density at radius 3 is 2.79 bits per heavy atom. The Labute approximate surface area is 84.0 Å². The molecular formula is C10H17NO3. The van der Waals surface area contributed by atoms with Crippen molar-refractivity contribution < 1.29 is 14.6 Å². The van der Waals surface area contributed by atoms with Crippen molar-refractivity contribution in [2.45, 2.75) is 39.7 Å². The Morgan fingerprint density at radius 1 is 1.64 bits per heavy atom. The summed E-state index contributed by atoms with van der Waals surface area (Å²) in [5.74, 6) is -0.122. The van der Waals surface area contributed by atoms with Crippen molar-refractivity contribution in [3.63, 3.8) is 0 Å². The van der Waals surface area contributed by atoms with Gasteiger partial charge in [-0.2, -0.15) is 0 Å². The highest BCUT2D eigenvalue weighted by Crippen LogP contribution is 2.22. The molecule has 0 amide bonds. The molecule has 1 N–H and O–H groups in total. The minimum Gasteiger partial charge on any atom is -0.481 e. The van der Waals surface area contributed by atoms with Gasteiger partial charge in [0.25, 0.3) is 0 Å². The van der Waals surface area contributed by atoms with Crippen LogP contribution in [0.5, 0.6) is 0 Å². The van der Waals surface area contributed by atoms with Gasteiger partial charge < -0.3 is 9.84 Å². The van der Waals surface area contributed by atoms with Crippen LogP contribution in [0.25, 0.3) is 0 Å². The summed E-state index contributed by atoms with van der Waals surface area (Å²) in [7, 11) is 0. The first-order chi connectivity index (χ1) is 6.37. The molecule has 0 radical (unpaired) electrons. The molecule has 1 atom stereocenters. The van der Waals surface area contributed by atoms with Gasteiger partial charge in [-0.15, -0.1) is 0 Å². The number of carboxylic acid groups (broad SMARTS) is 1. The molecule has 0 aromatic rings. The van der Waals surface area contributed by atoms with Gasteiger partial charge in [0, 0.05) is 6.42 Å². The standard InChI is InChI=1S/C10H17NO3/c1-10(2,3)5-8-11-7(6-14-8)4-9(12)13/h7H,4-6H2,1-3H3,(H,12,13). The van der Waals surface area contributed by atoms with Crippen molar-refractivity contribution in [3.8, 4) is 0 Å². The average molecular weight is 199 g/mol. The van der Waals surface area contributed by atoms with Crippen molar-refractivity contribution in [1.82, 2.24) is 0 Å². The highest BCUT2D eigenvalue weighted by molar-refractivity contribution is 5.79. The van der Waals surface area contributed by atoms with Crippen molar-refractivity contribution in [2.24, 2.45) is 10.4 Å². The van der Waals surface area contributed by atoms with Crippen LogP contribution in [0.1, 0.15) is 33.6 Å². The van der Waals surface area contributed by atoms with Crippen molar-refractivity contribution in [2.75, 3.05) is 6.61 Å². The molecule has 0 fully saturated rings. The molecular weight excluding hydrogens is 182 g/mol. The number of carboxylic acids is 1. The van der Waals surface area contributed by atoms with Gasteiger partial charge in [-0.1, -0.05) is 20.8 Å². The third kappa shape index (κ3) is 3.77. The minimum absolute atomic E-state index is 0.0631. The number of nitrogens with zero attached hydrogens (tertiary/aromatic N) is 1. The van der Waals surface area contributed by atoms with Crippen LogP contribution in [0.2, 0.25) is 0 Å². The number of ether oxygens (including phenoxy) is 1. The summed E-state index contributed by atoms with van der Waals surface area (Å²) in [5, 5.41) is 8.57. The monoisotopic (exact) mass is 199 g/mol. The minimum atomic E-state index is -0.820. The van der Waals surface area contributed by atoms with Gasteiger partial charge in [0.15, 0.2) is 5.90 Å². The van der Waals surface area contributed by atoms with Gasteiger partial charge in [-0.3, -0.25) is 4.79 Å². The third-order valence-corrected chi connectivity index (χ3v) is 1.86. The molecule has 0 aliphatic carbocycles. The van der Waals surface area contributed by atoms with E-state index >= 15 is 0 Å². The second-order valence-corrected chi connectivity index (χ2v) is 4.82. The fourth-order valence-corrected chi connectivity index (χ4v) is 1.33. The molecule has 4 heteroatoms. The Bertz CT molecular complexity index is 253. The van der Waals surface area contributed by atoms with Crippen molar-refractivity contribution >= 4 is 11.9 Å². The zero-order chi connectivity index (χ0) is 10.8. The SMILES string of the molecule is CC(C)(C)CC1=NC(CC(=O)O)CO1. The fraction of sp³-hybridized carbons (Fsp3) is 0.800. The maximum absolute atomic E-state index is 10.4. The van der Waals surface area contributed by atoms with E-state index < -0.39 is 5.97 Å². The molecule has 0 saturated carbocycles. The van der Waals surface area contributed by atoms with Gasteiger partial charge in [-0.25, -0.2) is 4.99 Å². The molecule has 0 aromatic carbocycles. The quantitative estimate of drug-likeness (QED) is 0.752. The molecule has 1 aliphatic heterocycles. The lowest BCUT2D eigenvalue weighted by molar-refractivity contribution is -0.137. The van der Waals surface area contributed by atoms with Crippen LogP contribution in [-0.4, -0.2) is 29.6 Å². The summed E-state index contributed by atoms with van der Waals surface area (Å²) < 4.78 is 5.33. The summed E-state index contributed by atoms with van der Waals surface area (Å²) in [6.07, 6.45) is 0.830. The van der Waals surface area contributed by atoms with Gasteiger partial charge in [0.05, 0.1) is 12.5 Å². The Hall–Kier alpha value is -1.06. The number of hydrogen-bond donors (Lipinski definition) is 1. The second kappa shape index (κ2) is 3.98. The summed E-state index contributed by atoms with van der Waals surface area (Å²) in [6.45, 7) is 6.72. The van der Waals surface area contributed by atoms with E-state index in [4.69, 9.17) is 9.84 Å². The molecule has 1 heterocycles. The fourth-order valence-electron chi connectivity index (χ4n) is 1.33. The van der Waals surface area contributed by atoms with E-state index in [0.717, 1.165) is 6.42 Å². The topological polar surface area (TPSA) is 58.9 Å². The molecule has 0 aromatic heterocycles. The van der Waals surface area contributed by atoms with Gasteiger partial charge in [-0.05, 0) is 5.41 Å². The molecule has 1 aliphatic rings. The van der Waals surface area contributed by atoms with Gasteiger partial charge in [0.1, 0.15) is 6.61 Å². The van der Waals surface area contributed by atoms with E-state index in [1.807, 2.05) is 0 Å². The lowest BCUT2D eigenvalue weighted by Gasteiger charge is -2.16. The lowest BCUT2D eigenvalue weighted by atomic mass is 9.92. The molecule has 0 bridgehead atoms. The van der Waals surface area contributed by atoms with Crippen LogP contribution >= 0.6 is 0 Å². The van der Waals surface area contributed by atoms with E-state index in [1.165, 1.54) is 0 Å². The molecule has 1 unspecified atom stereocenters. The molecule has 0 spiro atoms. The van der Waals surface area contributed by atoms with Gasteiger partial charge >= 0.3 is 5.97 Å². The number of aliphatic imine (C=N–C) groups is 1. The Morgan fingerprint density at radius 2 is 2.29 bits per heavy atom. The van der Waals surface area contributed by atoms with E-state index in [2.05, 4.69) is 25.8 Å². The number of carbonyl (C=O) groups is 1. The molecule has 1 rings (SSSR count). The van der Waals surface area contributed by atoms with Gasteiger partial charge in [0.2, 0.25) is 0 Å². The summed E-state index contributed by atoms with van der Waals surface area (Å²) >= 11 is 0. The zero-order valence-corrected chi connectivity index (χ0v) is 8.91. The smallest absolute Gasteiger partial charge is 0.305 e. The van der Waals surface area contributed by atoms with E-state index in [9.17, 15) is 4.79 Å². The van der Waals surface area contributed by atoms with Crippen molar-refractivity contribution in [1.29, 1.82) is 0 Å². The van der Waals surface area contributed by atoms with E-state index in [0.29, 0.717) is 12.5 Å². The lowest BCUT2D eigenvalue weighted by Crippen LogP contribution is -2.13. The maximum atomic E-state index is 10.4. The van der Waals surface area contributed by atoms with Crippen LogP contribution in [0, 0.1) is 5.41 Å². The summed E-state index contributed by atoms with van der Waals surface area (Å²) in [4.78, 5) is 14.6. The Kier molecular flexibility index (Phi) is 3.13. The van der Waals surface area contributed by atoms with E-state index in [-0.39, 0.29) is 17.9 Å². The largest absolute Gasteiger partial charge is 0.481 e. The van der Waals surface area contributed by atoms with Crippen LogP contribution in [0.15, 0.2) is 4.99 Å². The summed E-state index contributed by atoms with van der Waals surface area (Å²) in [5.41, 5.74) is 0.136. The van der Waals surface area contributed by atoms with E-state index in [1.54, 1.807) is 0 Å². The molecule has 14 heavy (non-hydrogen) atoms. The highest BCUT2D eigenvalue weighted by Gasteiger charge is 2.24. The van der Waals surface area contributed by atoms with Crippen LogP contribution in [0.4, 0.5) is 0 Å². The Balaban J connectivity index is 2.46. The molecule has 4 nitrogen and oxygen atoms in total. The maximum Gasteiger partial charge on any atom is 0.305 e.